The third kappa shape index (κ3) is 6.00. The Morgan fingerprint density at radius 2 is 0.347 bits per heavy atom. The SMILES string of the molecule is c1[nH]c2c3csc4c5c[nH]c6c7csc8c9c[nH]c%10c%11csc%12c1c2c1c(c34)c(c56)c(c78)c(c9%10)c1c%11%12.c1cn2c3csc4c5ccn6c7csc8c9ccn%10c%11csc%12c1c2c1c(c%12%11)c(c(c87)c(c1c43)c56)c9%10.c1oc2c3csc4c5coc6c7csc8c9coc%10c%11csc%12c1c2c1c(c34)c(c56)c(c78)c(c9%10)c1c%11%12.c1sc2c3scc4c5csc6c7scc8c9csc%10c%11scc%12c1c2c1c(c%12%11)c(c9%10)c(c87)c(c56)c1c43. The van der Waals surface area contributed by atoms with Crippen LogP contribution in [0.1, 0.15) is 0 Å². The first kappa shape index (κ1) is 68.2. The number of fused-ring (bicyclic) bond motifs is 24. The van der Waals surface area contributed by atoms with E-state index in [2.05, 4.69) is 164 Å². The minimum atomic E-state index is 1.02. The Hall–Kier alpha value is -14.1. The van der Waals surface area contributed by atoms with Gasteiger partial charge in [0.15, 0.2) is 0 Å². The van der Waals surface area contributed by atoms with E-state index in [1.165, 1.54) is 443 Å². The largest absolute Gasteiger partial charge is 0.463 e. The maximum absolute atomic E-state index is 6.42. The van der Waals surface area contributed by atoms with E-state index in [1.54, 1.807) is 32.3 Å². The molecule has 0 aliphatic carbocycles. The Balaban J connectivity index is 0.0000000683. The quantitative estimate of drug-likeness (QED) is 0.104. The van der Waals surface area contributed by atoms with Gasteiger partial charge in [0.25, 0.3) is 0 Å². The second-order valence-corrected chi connectivity index (χ2v) is 55.2. The number of H-pyrrole nitrogens is 3. The zero-order valence-corrected chi connectivity index (χ0v) is 84.5. The van der Waals surface area contributed by atoms with E-state index in [0.717, 1.165) is 16.7 Å². The molecule has 52 rings (SSSR count). The van der Waals surface area contributed by atoms with Crippen LogP contribution in [-0.4, -0.2) is 28.2 Å². The number of aromatic nitrogens is 6. The second kappa shape index (κ2) is 20.3. The highest BCUT2D eigenvalue weighted by molar-refractivity contribution is 7.31. The Morgan fingerprint density at radius 3 is 0.618 bits per heavy atom. The molecule has 27 aromatic heterocycles. The van der Waals surface area contributed by atoms with Crippen LogP contribution >= 0.6 is 170 Å². The molecule has 27 heterocycles. The molecule has 52 aromatic rings. The van der Waals surface area contributed by atoms with E-state index in [1.807, 2.05) is 189 Å². The van der Waals surface area contributed by atoms with Crippen molar-refractivity contribution in [1.82, 2.24) is 28.2 Å². The molecule has 0 saturated carbocycles. The highest BCUT2D eigenvalue weighted by Gasteiger charge is 2.43. The standard InChI is InChI=1S/2C30H9N3S3.C30H6O3S3.C30H6S6/c1-7-13-19-22-16-11(5-34-28(7)16)26-14-9(3-32-26)30-18-12(6-36-30)27-15-8(2-33-27)29-17(10(4-35-29)25(13)31-1)23(19)21(15)24(18)20(14)22;1-4-31-13-7-35-29-11-3-6-33-15-9-36-30-12-2-5-32-14-8-34-28-10(1)25(31)22-19(16(14)28)23(26(12)32)21(18(15)30)24(27(11)33)20(22)17(13)29;1-7-13-19-22-16-11(5-34-28(7)16)26-14-9(3-32-26)30-18-12(6-36-30)27-15-8(2-33-27)29-17(10(4-35-29)25(13)31-1)23(19)21(15)24(18)20(14)22;1-7-8-2-32-27-14(8)20-19-13(7)25(31-1)26-15-9(3-33-26)10-4-35-29-17(10)23(21(15)19)24-18-12(6-36-30(18)29)11-5-34-28(27)16(11)22(20)24/h1-6,31-33H;1-9H;2*1-6H. The lowest BCUT2D eigenvalue weighted by Crippen LogP contribution is -2.00. The first-order chi connectivity index (χ1) is 71.6. The number of thiophene rings is 15. The molecule has 0 radical (unpaired) electrons. The van der Waals surface area contributed by atoms with Crippen LogP contribution in [0.25, 0.3) is 492 Å². The van der Waals surface area contributed by atoms with Gasteiger partial charge in [0.05, 0.1) is 77.8 Å². The zero-order chi connectivity index (χ0) is 89.4. The van der Waals surface area contributed by atoms with Crippen LogP contribution in [0, 0.1) is 0 Å². The van der Waals surface area contributed by atoms with Gasteiger partial charge in [-0.3, -0.25) is 0 Å². The number of pyridine rings is 3. The van der Waals surface area contributed by atoms with Gasteiger partial charge in [-0.1, -0.05) is 0 Å². The number of benzene rings is 25. The van der Waals surface area contributed by atoms with Gasteiger partial charge in [0.1, 0.15) is 35.5 Å². The van der Waals surface area contributed by atoms with Crippen molar-refractivity contribution in [2.75, 3.05) is 0 Å². The van der Waals surface area contributed by atoms with Gasteiger partial charge < -0.3 is 41.4 Å². The molecule has 0 aliphatic heterocycles. The van der Waals surface area contributed by atoms with Gasteiger partial charge in [0.2, 0.25) is 0 Å². The van der Waals surface area contributed by atoms with Crippen molar-refractivity contribution in [3.05, 3.63) is 155 Å². The van der Waals surface area contributed by atoms with Crippen molar-refractivity contribution in [3.63, 3.8) is 0 Å². The van der Waals surface area contributed by atoms with Crippen molar-refractivity contribution >= 4 is 662 Å². The maximum atomic E-state index is 6.42. The Bertz CT molecular complexity index is 10900. The van der Waals surface area contributed by atoms with Gasteiger partial charge >= 0.3 is 0 Å². The fourth-order valence-electron chi connectivity index (χ4n) is 32.9. The van der Waals surface area contributed by atoms with Crippen LogP contribution < -0.4 is 0 Å². The molecule has 0 aliphatic rings. The van der Waals surface area contributed by atoms with E-state index in [0.29, 0.717) is 0 Å². The zero-order valence-electron chi connectivity index (χ0n) is 72.3. The average molecular weight is 2080 g/mol. The molecule has 648 valence electrons. The lowest BCUT2D eigenvalue weighted by Gasteiger charge is -2.23. The van der Waals surface area contributed by atoms with Crippen LogP contribution in [-0.2, 0) is 0 Å². The Morgan fingerprint density at radius 1 is 0.153 bits per heavy atom. The second-order valence-electron chi connectivity index (χ2n) is 42.0. The molecule has 0 bridgehead atoms. The lowest BCUT2D eigenvalue weighted by atomic mass is 9.79. The van der Waals surface area contributed by atoms with Gasteiger partial charge in [0, 0.05) is 483 Å². The molecule has 25 aromatic carbocycles. The summed E-state index contributed by atoms with van der Waals surface area (Å²) in [6.45, 7) is 0. The summed E-state index contributed by atoms with van der Waals surface area (Å²) < 4.78 is 48.2. The molecule has 3 N–H and O–H groups in total. The highest BCUT2D eigenvalue weighted by atomic mass is 32.2. The van der Waals surface area contributed by atoms with Gasteiger partial charge in [-0.15, -0.1) is 170 Å². The predicted molar refractivity (Wildman–Crippen MR) is 643 cm³/mol. The molecular formula is C120H30N6O3S15. The molecule has 0 saturated heterocycles. The van der Waals surface area contributed by atoms with E-state index in [9.17, 15) is 0 Å². The Kier molecular flexibility index (Phi) is 9.64. The topological polar surface area (TPSA) is 100 Å². The molecule has 9 nitrogen and oxygen atoms in total. The normalized spacial score (nSPS) is 14.7. The van der Waals surface area contributed by atoms with Crippen molar-refractivity contribution in [2.45, 2.75) is 0 Å². The summed E-state index contributed by atoms with van der Waals surface area (Å²) in [4.78, 5) is 11.2. The number of furan rings is 3. The van der Waals surface area contributed by atoms with E-state index < -0.39 is 0 Å². The van der Waals surface area contributed by atoms with E-state index >= 15 is 0 Å². The lowest BCUT2D eigenvalue weighted by molar-refractivity contribution is 0.623. The van der Waals surface area contributed by atoms with E-state index in [-0.39, 0.29) is 0 Å². The van der Waals surface area contributed by atoms with Crippen LogP contribution in [0.2, 0.25) is 0 Å². The molecule has 0 amide bonds. The van der Waals surface area contributed by atoms with Crippen molar-refractivity contribution in [3.8, 4) is 0 Å². The molecule has 144 heavy (non-hydrogen) atoms. The summed E-state index contributed by atoms with van der Waals surface area (Å²) in [7, 11) is 0. The maximum Gasteiger partial charge on any atom is 0.143 e. The summed E-state index contributed by atoms with van der Waals surface area (Å²) in [5.41, 5.74) is 15.3. The number of hydrogen-bond acceptors (Lipinski definition) is 18. The van der Waals surface area contributed by atoms with Gasteiger partial charge in [-0.05, 0) is 50.5 Å². The molecule has 0 spiro atoms. The fourth-order valence-corrected chi connectivity index (χ4v) is 49.6. The van der Waals surface area contributed by atoms with Crippen molar-refractivity contribution in [1.29, 1.82) is 0 Å². The summed E-state index contributed by atoms with van der Waals surface area (Å²) in [6, 6.07) is 7.09. The number of hydrogen-bond donors (Lipinski definition) is 3. The number of nitrogens with zero attached hydrogens (tertiary/aromatic N) is 3. The van der Waals surface area contributed by atoms with Crippen molar-refractivity contribution < 1.29 is 13.3 Å². The third-order valence-corrected chi connectivity index (χ3v) is 52.9. The summed E-state index contributed by atoms with van der Waals surface area (Å²) in [6.07, 6.45) is 19.7. The number of rotatable bonds is 0. The molecular weight excluding hydrogens is 2050 g/mol. The minimum absolute atomic E-state index is 1.02. The van der Waals surface area contributed by atoms with Gasteiger partial charge in [-0.2, -0.15) is 0 Å². The van der Waals surface area contributed by atoms with E-state index in [4.69, 9.17) is 13.3 Å². The predicted octanol–water partition coefficient (Wildman–Crippen LogP) is 43.6. The van der Waals surface area contributed by atoms with Crippen LogP contribution in [0.3, 0.4) is 0 Å². The van der Waals surface area contributed by atoms with Crippen LogP contribution in [0.15, 0.2) is 168 Å². The number of aromatic amines is 3. The number of nitrogens with one attached hydrogen (secondary N) is 3. The molecule has 0 atom stereocenters. The molecule has 0 fully saturated rings. The molecule has 0 unspecified atom stereocenters. The highest BCUT2D eigenvalue weighted by Crippen LogP contribution is 2.71. The van der Waals surface area contributed by atoms with Crippen LogP contribution in [0.5, 0.6) is 0 Å². The summed E-state index contributed by atoms with van der Waals surface area (Å²) in [5, 5.41) is 130. The average Bonchev–Trinajstić information content (AvgIpc) is 1.45. The minimum Gasteiger partial charge on any atom is -0.463 e. The first-order valence-electron chi connectivity index (χ1n) is 48.1. The van der Waals surface area contributed by atoms with Gasteiger partial charge in [-0.25, -0.2) is 0 Å². The van der Waals surface area contributed by atoms with Crippen LogP contribution in [0.4, 0.5) is 0 Å². The summed E-state index contributed by atoms with van der Waals surface area (Å²) >= 11 is 28.8. The molecule has 24 heteroatoms. The van der Waals surface area contributed by atoms with Crippen molar-refractivity contribution in [2.24, 2.45) is 0 Å². The summed E-state index contributed by atoms with van der Waals surface area (Å²) in [5.74, 6) is 0. The monoisotopic (exact) mass is 2080 g/mol. The smallest absolute Gasteiger partial charge is 0.143 e. The third-order valence-electron chi connectivity index (χ3n) is 37.5. The fraction of sp³-hybridized carbons (Fsp3) is 0. The first-order valence-corrected chi connectivity index (χ1v) is 61.3. The Labute approximate surface area is 849 Å².